The molecule has 0 spiro atoms. The lowest BCUT2D eigenvalue weighted by Gasteiger charge is -2.37. The second kappa shape index (κ2) is 6.45. The maximum absolute atomic E-state index is 10.2. The van der Waals surface area contributed by atoms with E-state index in [0.29, 0.717) is 7.48 Å². The Morgan fingerprint density at radius 3 is 2.14 bits per heavy atom. The first kappa shape index (κ1) is 17.1. The van der Waals surface area contributed by atoms with Gasteiger partial charge in [0.2, 0.25) is 0 Å². The highest BCUT2D eigenvalue weighted by Gasteiger charge is 2.35. The number of aliphatic hydroxyl groups is 1. The lowest BCUT2D eigenvalue weighted by atomic mass is 9.79. The molecule has 0 aliphatic heterocycles. The van der Waals surface area contributed by atoms with Gasteiger partial charge >= 0.3 is 7.48 Å². The fourth-order valence-corrected chi connectivity index (χ4v) is 2.12. The van der Waals surface area contributed by atoms with Crippen molar-refractivity contribution in [2.24, 2.45) is 0 Å². The van der Waals surface area contributed by atoms with Crippen LogP contribution in [-0.4, -0.2) is 23.8 Å². The summed E-state index contributed by atoms with van der Waals surface area (Å²) in [6.07, 6.45) is 0. The molecule has 1 N–H and O–H groups in total. The first-order chi connectivity index (χ1) is 10.2. The minimum Gasteiger partial charge on any atom is -0.427 e. The van der Waals surface area contributed by atoms with Gasteiger partial charge in [0, 0.05) is 5.02 Å². The van der Waals surface area contributed by atoms with Crippen LogP contribution in [0, 0.1) is 0 Å². The SMILES string of the molecule is CC(C)(O)C(C)(C)OBc1ccccc1-c1ccc(Cl)cc1. The molecule has 4 heteroatoms. The van der Waals surface area contributed by atoms with Crippen LogP contribution in [0.2, 0.25) is 5.02 Å². The highest BCUT2D eigenvalue weighted by atomic mass is 35.5. The lowest BCUT2D eigenvalue weighted by molar-refractivity contribution is -0.0893. The fourth-order valence-electron chi connectivity index (χ4n) is 1.99. The Bertz CT molecular complexity index is 630. The van der Waals surface area contributed by atoms with Crippen LogP contribution in [0.15, 0.2) is 48.5 Å². The standard InChI is InChI=1S/C18H22BClO2/c1-17(2,21)18(3,4)22-19-16-8-6-5-7-15(16)13-9-11-14(20)12-10-13/h5-12,19,21H,1-4H3. The van der Waals surface area contributed by atoms with Crippen LogP contribution in [0.1, 0.15) is 27.7 Å². The average molecular weight is 317 g/mol. The Kier molecular flexibility index (Phi) is 5.01. The summed E-state index contributed by atoms with van der Waals surface area (Å²) in [7, 11) is 0.440. The second-order valence-electron chi connectivity index (χ2n) is 6.52. The summed E-state index contributed by atoms with van der Waals surface area (Å²) in [5.74, 6) is 0. The van der Waals surface area contributed by atoms with Gasteiger partial charge in [-0.1, -0.05) is 48.0 Å². The molecule has 2 nitrogen and oxygen atoms in total. The van der Waals surface area contributed by atoms with Crippen molar-refractivity contribution < 1.29 is 9.76 Å². The Morgan fingerprint density at radius 1 is 0.955 bits per heavy atom. The van der Waals surface area contributed by atoms with Gasteiger partial charge in [-0.05, 0) is 56.4 Å². The van der Waals surface area contributed by atoms with Crippen molar-refractivity contribution >= 4 is 24.5 Å². The zero-order valence-corrected chi connectivity index (χ0v) is 14.3. The summed E-state index contributed by atoms with van der Waals surface area (Å²) in [5.41, 5.74) is 1.75. The van der Waals surface area contributed by atoms with Crippen molar-refractivity contribution in [1.82, 2.24) is 0 Å². The van der Waals surface area contributed by atoms with Crippen molar-refractivity contribution in [3.05, 3.63) is 53.6 Å². The first-order valence-electron chi connectivity index (χ1n) is 7.41. The van der Waals surface area contributed by atoms with Crippen LogP contribution in [0.3, 0.4) is 0 Å². The van der Waals surface area contributed by atoms with Crippen LogP contribution < -0.4 is 5.46 Å². The Balaban J connectivity index is 2.24. The fraction of sp³-hybridized carbons (Fsp3) is 0.333. The molecule has 0 aromatic heterocycles. The topological polar surface area (TPSA) is 29.5 Å². The van der Waals surface area contributed by atoms with E-state index in [1.165, 1.54) is 0 Å². The predicted octanol–water partition coefficient (Wildman–Crippen LogP) is 3.55. The summed E-state index contributed by atoms with van der Waals surface area (Å²) in [6, 6.07) is 15.9. The van der Waals surface area contributed by atoms with Crippen LogP contribution >= 0.6 is 11.6 Å². The molecule has 0 amide bonds. The highest BCUT2D eigenvalue weighted by Crippen LogP contribution is 2.25. The van der Waals surface area contributed by atoms with Crippen molar-refractivity contribution in [2.45, 2.75) is 38.9 Å². The Hall–Kier alpha value is -1.29. The summed E-state index contributed by atoms with van der Waals surface area (Å²) < 4.78 is 5.99. The molecule has 0 aliphatic carbocycles. The van der Waals surface area contributed by atoms with Crippen LogP contribution in [0.25, 0.3) is 11.1 Å². The predicted molar refractivity (Wildman–Crippen MR) is 95.1 cm³/mol. The van der Waals surface area contributed by atoms with Crippen molar-refractivity contribution in [3.63, 3.8) is 0 Å². The minimum absolute atomic E-state index is 0.440. The summed E-state index contributed by atoms with van der Waals surface area (Å²) in [4.78, 5) is 0. The molecular weight excluding hydrogens is 294 g/mol. The molecule has 0 unspecified atom stereocenters. The summed E-state index contributed by atoms with van der Waals surface area (Å²) >= 11 is 5.96. The van der Waals surface area contributed by atoms with Gasteiger partial charge in [-0.3, -0.25) is 0 Å². The van der Waals surface area contributed by atoms with E-state index >= 15 is 0 Å². The van der Waals surface area contributed by atoms with E-state index in [9.17, 15) is 5.11 Å². The molecule has 22 heavy (non-hydrogen) atoms. The van der Waals surface area contributed by atoms with E-state index in [1.54, 1.807) is 13.8 Å². The number of rotatable bonds is 5. The number of benzene rings is 2. The molecule has 0 aliphatic rings. The van der Waals surface area contributed by atoms with Gasteiger partial charge in [-0.2, -0.15) is 0 Å². The maximum atomic E-state index is 10.2. The first-order valence-corrected chi connectivity index (χ1v) is 7.79. The summed E-state index contributed by atoms with van der Waals surface area (Å²) in [5, 5.41) is 10.9. The van der Waals surface area contributed by atoms with E-state index in [1.807, 2.05) is 56.3 Å². The molecule has 2 rings (SSSR count). The highest BCUT2D eigenvalue weighted by molar-refractivity contribution is 6.49. The van der Waals surface area contributed by atoms with Gasteiger partial charge in [0.15, 0.2) is 0 Å². The lowest BCUT2D eigenvalue weighted by Crippen LogP contribution is -2.49. The zero-order valence-electron chi connectivity index (χ0n) is 13.6. The quantitative estimate of drug-likeness (QED) is 0.855. The maximum Gasteiger partial charge on any atom is 0.310 e. The molecular formula is C18H22BClO2. The molecule has 0 saturated heterocycles. The number of hydrogen-bond acceptors (Lipinski definition) is 2. The van der Waals surface area contributed by atoms with Gasteiger partial charge in [0.1, 0.15) is 0 Å². The van der Waals surface area contributed by atoms with Crippen LogP contribution in [0.5, 0.6) is 0 Å². The molecule has 0 saturated carbocycles. The molecule has 2 aromatic carbocycles. The van der Waals surface area contributed by atoms with Gasteiger partial charge in [-0.25, -0.2) is 0 Å². The van der Waals surface area contributed by atoms with Crippen molar-refractivity contribution in [1.29, 1.82) is 0 Å². The second-order valence-corrected chi connectivity index (χ2v) is 6.96. The molecule has 0 bridgehead atoms. The van der Waals surface area contributed by atoms with E-state index in [4.69, 9.17) is 16.3 Å². The van der Waals surface area contributed by atoms with E-state index in [-0.39, 0.29) is 0 Å². The van der Waals surface area contributed by atoms with Crippen molar-refractivity contribution in [2.75, 3.05) is 0 Å². The largest absolute Gasteiger partial charge is 0.427 e. The average Bonchev–Trinajstić information content (AvgIpc) is 2.45. The van der Waals surface area contributed by atoms with E-state index < -0.39 is 11.2 Å². The van der Waals surface area contributed by atoms with Crippen molar-refractivity contribution in [3.8, 4) is 11.1 Å². The molecule has 0 atom stereocenters. The van der Waals surface area contributed by atoms with Gasteiger partial charge in [-0.15, -0.1) is 0 Å². The van der Waals surface area contributed by atoms with Crippen LogP contribution in [0.4, 0.5) is 0 Å². The monoisotopic (exact) mass is 316 g/mol. The Labute approximate surface area is 138 Å². The zero-order chi connectivity index (χ0) is 16.4. The molecule has 116 valence electrons. The Morgan fingerprint density at radius 2 is 1.55 bits per heavy atom. The molecule has 2 aromatic rings. The molecule has 0 heterocycles. The summed E-state index contributed by atoms with van der Waals surface area (Å²) in [6.45, 7) is 7.33. The third-order valence-corrected chi connectivity index (χ3v) is 4.49. The molecule has 0 fully saturated rings. The van der Waals surface area contributed by atoms with E-state index in [0.717, 1.165) is 21.6 Å². The normalized spacial score (nSPS) is 12.3. The van der Waals surface area contributed by atoms with E-state index in [2.05, 4.69) is 6.07 Å². The minimum atomic E-state index is -0.914. The van der Waals surface area contributed by atoms with Gasteiger partial charge in [0.05, 0.1) is 11.2 Å². The molecule has 0 radical (unpaired) electrons. The third kappa shape index (κ3) is 3.92. The number of hydrogen-bond donors (Lipinski definition) is 1. The number of halogens is 1. The van der Waals surface area contributed by atoms with Gasteiger partial charge < -0.3 is 9.76 Å². The van der Waals surface area contributed by atoms with Gasteiger partial charge in [0.25, 0.3) is 0 Å². The van der Waals surface area contributed by atoms with Crippen LogP contribution in [-0.2, 0) is 4.65 Å². The smallest absolute Gasteiger partial charge is 0.310 e. The third-order valence-electron chi connectivity index (χ3n) is 4.23.